The van der Waals surface area contributed by atoms with Gasteiger partial charge in [-0.05, 0) is 34.0 Å². The van der Waals surface area contributed by atoms with Crippen molar-refractivity contribution in [2.24, 2.45) is 0 Å². The maximum Gasteiger partial charge on any atom is 0.234 e. The Bertz CT molecular complexity index is 401. The van der Waals surface area contributed by atoms with E-state index in [0.717, 1.165) is 0 Å². The molecule has 2 saturated heterocycles. The molecular formula is C14H27N3O5. The molecule has 8 heteroatoms. The van der Waals surface area contributed by atoms with Crippen LogP contribution in [0, 0.1) is 0 Å². The lowest BCUT2D eigenvalue weighted by Crippen LogP contribution is -2.75. The number of likely N-dealkylation sites (N-methyl/N-ethyl adjacent to an activating group) is 3. The number of ether oxygens (including phenoxy) is 3. The third-order valence-electron chi connectivity index (χ3n) is 5.18. The van der Waals surface area contributed by atoms with E-state index >= 15 is 0 Å². The van der Waals surface area contributed by atoms with Crippen molar-refractivity contribution in [3.8, 4) is 0 Å². The molecule has 2 heterocycles. The fraction of sp³-hybridized carbons (Fsp3) is 1.00. The van der Waals surface area contributed by atoms with E-state index in [2.05, 4.69) is 16.0 Å². The van der Waals surface area contributed by atoms with E-state index in [1.807, 2.05) is 7.05 Å². The third kappa shape index (κ3) is 2.47. The first-order chi connectivity index (χ1) is 10.5. The number of hydrogen-bond donors (Lipinski definition) is 5. The van der Waals surface area contributed by atoms with Crippen molar-refractivity contribution in [1.29, 1.82) is 0 Å². The van der Waals surface area contributed by atoms with E-state index in [1.54, 1.807) is 14.1 Å². The summed E-state index contributed by atoms with van der Waals surface area (Å²) in [6, 6.07) is -0.707. The SMILES string of the molecule is CNC1CC2OC3OCC[C@@H](NC)C3(O)OC2C(NC)C1O. The van der Waals surface area contributed by atoms with Gasteiger partial charge in [0.05, 0.1) is 30.9 Å². The molecule has 0 spiro atoms. The van der Waals surface area contributed by atoms with E-state index in [4.69, 9.17) is 14.2 Å². The summed E-state index contributed by atoms with van der Waals surface area (Å²) < 4.78 is 17.6. The molecule has 3 fully saturated rings. The summed E-state index contributed by atoms with van der Waals surface area (Å²) in [6.07, 6.45) is -0.901. The fourth-order valence-corrected chi connectivity index (χ4v) is 3.89. The summed E-state index contributed by atoms with van der Waals surface area (Å²) >= 11 is 0. The van der Waals surface area contributed by atoms with E-state index < -0.39 is 24.3 Å². The molecule has 5 N–H and O–H groups in total. The quantitative estimate of drug-likeness (QED) is 0.397. The van der Waals surface area contributed by atoms with Crippen molar-refractivity contribution in [2.45, 2.75) is 61.4 Å². The molecule has 0 aromatic heterocycles. The van der Waals surface area contributed by atoms with Crippen LogP contribution < -0.4 is 16.0 Å². The minimum Gasteiger partial charge on any atom is -0.390 e. The summed E-state index contributed by atoms with van der Waals surface area (Å²) in [6.45, 7) is 0.507. The lowest BCUT2D eigenvalue weighted by molar-refractivity contribution is -0.435. The van der Waals surface area contributed by atoms with Crippen LogP contribution in [0.25, 0.3) is 0 Å². The summed E-state index contributed by atoms with van der Waals surface area (Å²) in [5.41, 5.74) is 0. The predicted molar refractivity (Wildman–Crippen MR) is 78.2 cm³/mol. The molecule has 7 unspecified atom stereocenters. The van der Waals surface area contributed by atoms with Gasteiger partial charge in [0.15, 0.2) is 0 Å². The molecule has 0 aromatic rings. The van der Waals surface area contributed by atoms with Crippen molar-refractivity contribution in [3.05, 3.63) is 0 Å². The Kier molecular flexibility index (Phi) is 4.73. The van der Waals surface area contributed by atoms with Gasteiger partial charge in [-0.3, -0.25) is 0 Å². The van der Waals surface area contributed by atoms with Gasteiger partial charge < -0.3 is 40.4 Å². The number of aliphatic hydroxyl groups is 2. The minimum absolute atomic E-state index is 0.0998. The number of rotatable bonds is 3. The Labute approximate surface area is 130 Å². The number of nitrogens with one attached hydrogen (secondary N) is 3. The molecule has 22 heavy (non-hydrogen) atoms. The Morgan fingerprint density at radius 2 is 1.91 bits per heavy atom. The first-order valence-electron chi connectivity index (χ1n) is 7.92. The Balaban J connectivity index is 1.85. The Morgan fingerprint density at radius 3 is 2.55 bits per heavy atom. The van der Waals surface area contributed by atoms with Gasteiger partial charge in [0.25, 0.3) is 0 Å². The van der Waals surface area contributed by atoms with Crippen molar-refractivity contribution in [2.75, 3.05) is 27.7 Å². The highest BCUT2D eigenvalue weighted by Crippen LogP contribution is 2.40. The molecule has 2 aliphatic heterocycles. The predicted octanol–water partition coefficient (Wildman–Crippen LogP) is -2.27. The average molecular weight is 317 g/mol. The molecule has 0 aromatic carbocycles. The summed E-state index contributed by atoms with van der Waals surface area (Å²) in [7, 11) is 5.37. The highest BCUT2D eigenvalue weighted by molar-refractivity contribution is 5.05. The summed E-state index contributed by atoms with van der Waals surface area (Å²) in [4.78, 5) is 0. The lowest BCUT2D eigenvalue weighted by Gasteiger charge is -2.56. The van der Waals surface area contributed by atoms with E-state index in [0.29, 0.717) is 19.4 Å². The molecule has 3 rings (SSSR count). The smallest absolute Gasteiger partial charge is 0.234 e. The standard InChI is InChI=1S/C14H27N3O5/c1-15-7-6-8-12(10(17-3)11(7)18)22-14(19)9(16-2)4-5-20-13(14)21-8/h7-13,15-19H,4-6H2,1-3H3/t7?,8?,9-,10?,11?,12?,13?,14?/m1/s1. The van der Waals surface area contributed by atoms with Crippen LogP contribution in [-0.2, 0) is 14.2 Å². The van der Waals surface area contributed by atoms with Gasteiger partial charge in [-0.25, -0.2) is 0 Å². The molecule has 0 radical (unpaired) electrons. The van der Waals surface area contributed by atoms with Gasteiger partial charge in [-0.15, -0.1) is 0 Å². The fourth-order valence-electron chi connectivity index (χ4n) is 3.89. The average Bonchev–Trinajstić information content (AvgIpc) is 2.52. The van der Waals surface area contributed by atoms with Crippen LogP contribution in [0.3, 0.4) is 0 Å². The van der Waals surface area contributed by atoms with Gasteiger partial charge in [0.2, 0.25) is 12.1 Å². The monoisotopic (exact) mass is 317 g/mol. The topological polar surface area (TPSA) is 104 Å². The zero-order chi connectivity index (χ0) is 15.9. The Morgan fingerprint density at radius 1 is 1.14 bits per heavy atom. The van der Waals surface area contributed by atoms with E-state index in [-0.39, 0.29) is 24.2 Å². The Hall–Kier alpha value is -0.320. The summed E-state index contributed by atoms with van der Waals surface area (Å²) in [5, 5.41) is 30.7. The number of fused-ring (bicyclic) bond motifs is 2. The maximum atomic E-state index is 11.0. The highest BCUT2D eigenvalue weighted by atomic mass is 16.8. The van der Waals surface area contributed by atoms with Crippen LogP contribution in [0.5, 0.6) is 0 Å². The second-order valence-electron chi connectivity index (χ2n) is 6.28. The first-order valence-corrected chi connectivity index (χ1v) is 7.92. The largest absolute Gasteiger partial charge is 0.390 e. The van der Waals surface area contributed by atoms with Crippen molar-refractivity contribution >= 4 is 0 Å². The number of hydrogen-bond acceptors (Lipinski definition) is 8. The van der Waals surface area contributed by atoms with Crippen LogP contribution in [0.2, 0.25) is 0 Å². The second-order valence-corrected chi connectivity index (χ2v) is 6.28. The van der Waals surface area contributed by atoms with Gasteiger partial charge in [0.1, 0.15) is 6.10 Å². The normalized spacial score (nSPS) is 52.0. The second kappa shape index (κ2) is 6.29. The van der Waals surface area contributed by atoms with Crippen LogP contribution in [0.4, 0.5) is 0 Å². The van der Waals surface area contributed by atoms with Crippen molar-refractivity contribution < 1.29 is 24.4 Å². The highest BCUT2D eigenvalue weighted by Gasteiger charge is 2.59. The molecule has 128 valence electrons. The van der Waals surface area contributed by atoms with Gasteiger partial charge >= 0.3 is 0 Å². The van der Waals surface area contributed by atoms with Crippen molar-refractivity contribution in [3.63, 3.8) is 0 Å². The molecule has 1 saturated carbocycles. The van der Waals surface area contributed by atoms with Crippen molar-refractivity contribution in [1.82, 2.24) is 16.0 Å². The molecule has 3 aliphatic rings. The zero-order valence-corrected chi connectivity index (χ0v) is 13.3. The van der Waals surface area contributed by atoms with Crippen LogP contribution in [0.15, 0.2) is 0 Å². The van der Waals surface area contributed by atoms with Gasteiger partial charge in [0, 0.05) is 6.04 Å². The van der Waals surface area contributed by atoms with Crippen LogP contribution in [0.1, 0.15) is 12.8 Å². The maximum absolute atomic E-state index is 11.0. The molecular weight excluding hydrogens is 290 g/mol. The molecule has 8 atom stereocenters. The van der Waals surface area contributed by atoms with E-state index in [1.165, 1.54) is 0 Å². The summed E-state index contributed by atoms with van der Waals surface area (Å²) in [5.74, 6) is -1.55. The van der Waals surface area contributed by atoms with Crippen LogP contribution >= 0.6 is 0 Å². The molecule has 1 aliphatic carbocycles. The van der Waals surface area contributed by atoms with Gasteiger partial charge in [-0.2, -0.15) is 0 Å². The van der Waals surface area contributed by atoms with E-state index in [9.17, 15) is 10.2 Å². The molecule has 0 bridgehead atoms. The van der Waals surface area contributed by atoms with Crippen LogP contribution in [-0.4, -0.2) is 86.5 Å². The number of aliphatic hydroxyl groups excluding tert-OH is 1. The van der Waals surface area contributed by atoms with Gasteiger partial charge in [-0.1, -0.05) is 0 Å². The third-order valence-corrected chi connectivity index (χ3v) is 5.18. The molecule has 8 nitrogen and oxygen atoms in total. The lowest BCUT2D eigenvalue weighted by atomic mass is 9.82. The zero-order valence-electron chi connectivity index (χ0n) is 13.3. The minimum atomic E-state index is -1.55. The molecule has 0 amide bonds. The first kappa shape index (κ1) is 16.5.